The van der Waals surface area contributed by atoms with Crippen molar-refractivity contribution in [2.75, 3.05) is 17.9 Å². The van der Waals surface area contributed by atoms with Gasteiger partial charge in [-0.1, -0.05) is 11.8 Å². The van der Waals surface area contributed by atoms with E-state index in [1.807, 2.05) is 24.3 Å². The molecule has 1 amide bonds. The number of nitrogens with one attached hydrogen (secondary N) is 1. The Morgan fingerprint density at radius 3 is 2.97 bits per heavy atom. The van der Waals surface area contributed by atoms with Gasteiger partial charge in [0.2, 0.25) is 12.7 Å². The number of carbonyl (C=O) groups excluding carboxylic acids is 1. The molecule has 1 aliphatic heterocycles. The van der Waals surface area contributed by atoms with Gasteiger partial charge in [0.1, 0.15) is 5.03 Å². The summed E-state index contributed by atoms with van der Waals surface area (Å²) in [6.07, 6.45) is 3.40. The van der Waals surface area contributed by atoms with Crippen LogP contribution in [0.25, 0.3) is 17.0 Å². The highest BCUT2D eigenvalue weighted by molar-refractivity contribution is 7.99. The smallest absolute Gasteiger partial charge is 0.234 e. The molecule has 0 radical (unpaired) electrons. The maximum Gasteiger partial charge on any atom is 0.234 e. The Morgan fingerprint density at radius 2 is 2.07 bits per heavy atom. The topological polar surface area (TPSA) is 104 Å². The zero-order chi connectivity index (χ0) is 19.6. The van der Waals surface area contributed by atoms with Crippen LogP contribution < -0.4 is 14.8 Å². The highest BCUT2D eigenvalue weighted by atomic mass is 32.2. The summed E-state index contributed by atoms with van der Waals surface area (Å²) >= 11 is 1.32. The molecular weight excluding hydrogens is 392 g/mol. The standard InChI is InChI=1S/C19H14N6O3S/c26-17(21-13-3-4-14-15(8-13)28-11-27-14)10-29-18-6-5-16-22-23-19(25(16)24-18)12-2-1-7-20-9-12/h1-9H,10-11H2,(H,21,26). The molecule has 1 aromatic carbocycles. The van der Waals surface area contributed by atoms with Gasteiger partial charge in [-0.25, -0.2) is 0 Å². The van der Waals surface area contributed by atoms with E-state index in [1.165, 1.54) is 11.8 Å². The number of pyridine rings is 1. The molecule has 1 N–H and O–H groups in total. The molecule has 5 rings (SSSR count). The number of carbonyl (C=O) groups is 1. The minimum absolute atomic E-state index is 0.146. The van der Waals surface area contributed by atoms with Crippen LogP contribution in [-0.2, 0) is 4.79 Å². The maximum atomic E-state index is 12.3. The quantitative estimate of drug-likeness (QED) is 0.505. The maximum absolute atomic E-state index is 12.3. The Balaban J connectivity index is 1.28. The lowest BCUT2D eigenvalue weighted by atomic mass is 10.3. The predicted octanol–water partition coefficient (Wildman–Crippen LogP) is 2.65. The van der Waals surface area contributed by atoms with Gasteiger partial charge in [-0.2, -0.15) is 9.61 Å². The number of hydrogen-bond donors (Lipinski definition) is 1. The minimum atomic E-state index is -0.146. The molecule has 1 aliphatic rings. The molecule has 0 aliphatic carbocycles. The molecule has 0 bridgehead atoms. The number of anilines is 1. The van der Waals surface area contributed by atoms with Crippen LogP contribution in [0.2, 0.25) is 0 Å². The lowest BCUT2D eigenvalue weighted by molar-refractivity contribution is -0.113. The highest BCUT2D eigenvalue weighted by Crippen LogP contribution is 2.34. The molecule has 0 spiro atoms. The minimum Gasteiger partial charge on any atom is -0.454 e. The monoisotopic (exact) mass is 406 g/mol. The summed E-state index contributed by atoms with van der Waals surface area (Å²) in [5.41, 5.74) is 2.09. The number of hydrogen-bond acceptors (Lipinski definition) is 8. The molecule has 144 valence electrons. The lowest BCUT2D eigenvalue weighted by Crippen LogP contribution is -2.14. The Morgan fingerprint density at radius 1 is 1.14 bits per heavy atom. The SMILES string of the molecule is O=C(CSc1ccc2nnc(-c3cccnc3)n2n1)Nc1ccc2c(c1)OCO2. The summed E-state index contributed by atoms with van der Waals surface area (Å²) in [6, 6.07) is 12.6. The van der Waals surface area contributed by atoms with Crippen LogP contribution >= 0.6 is 11.8 Å². The van der Waals surface area contributed by atoms with Crippen LogP contribution in [-0.4, -0.2) is 43.2 Å². The van der Waals surface area contributed by atoms with Crippen molar-refractivity contribution in [2.45, 2.75) is 5.03 Å². The van der Waals surface area contributed by atoms with Gasteiger partial charge in [0, 0.05) is 29.7 Å². The van der Waals surface area contributed by atoms with Gasteiger partial charge in [-0.15, -0.1) is 10.2 Å². The fourth-order valence-electron chi connectivity index (χ4n) is 2.83. The van der Waals surface area contributed by atoms with Crippen molar-refractivity contribution in [1.29, 1.82) is 0 Å². The van der Waals surface area contributed by atoms with E-state index in [0.29, 0.717) is 33.7 Å². The van der Waals surface area contributed by atoms with Crippen LogP contribution in [0.5, 0.6) is 11.5 Å². The number of rotatable bonds is 5. The van der Waals surface area contributed by atoms with Crippen molar-refractivity contribution in [3.8, 4) is 22.9 Å². The lowest BCUT2D eigenvalue weighted by Gasteiger charge is -2.06. The number of fused-ring (bicyclic) bond motifs is 2. The van der Waals surface area contributed by atoms with E-state index in [2.05, 4.69) is 25.6 Å². The molecule has 0 saturated carbocycles. The summed E-state index contributed by atoms with van der Waals surface area (Å²) in [7, 11) is 0. The molecule has 0 saturated heterocycles. The molecule has 0 atom stereocenters. The third-order valence-corrected chi connectivity index (χ3v) is 5.09. The zero-order valence-electron chi connectivity index (χ0n) is 15.0. The van der Waals surface area contributed by atoms with Crippen LogP contribution in [0.4, 0.5) is 5.69 Å². The van der Waals surface area contributed by atoms with E-state index in [1.54, 1.807) is 35.1 Å². The van der Waals surface area contributed by atoms with Crippen molar-refractivity contribution < 1.29 is 14.3 Å². The molecule has 29 heavy (non-hydrogen) atoms. The molecule has 10 heteroatoms. The number of ether oxygens (including phenoxy) is 2. The summed E-state index contributed by atoms with van der Waals surface area (Å²) < 4.78 is 12.2. The molecule has 4 aromatic rings. The molecule has 3 aromatic heterocycles. The Bertz CT molecular complexity index is 1200. The molecule has 4 heterocycles. The number of aromatic nitrogens is 5. The normalized spacial score (nSPS) is 12.3. The van der Waals surface area contributed by atoms with Gasteiger partial charge in [-0.3, -0.25) is 9.78 Å². The van der Waals surface area contributed by atoms with Gasteiger partial charge in [0.05, 0.1) is 5.75 Å². The van der Waals surface area contributed by atoms with Gasteiger partial charge in [-0.05, 0) is 36.4 Å². The largest absolute Gasteiger partial charge is 0.454 e. The van der Waals surface area contributed by atoms with Gasteiger partial charge in [0.25, 0.3) is 0 Å². The predicted molar refractivity (Wildman–Crippen MR) is 106 cm³/mol. The second-order valence-electron chi connectivity index (χ2n) is 6.11. The molecule has 0 unspecified atom stereocenters. The van der Waals surface area contributed by atoms with E-state index in [0.717, 1.165) is 5.56 Å². The van der Waals surface area contributed by atoms with Crippen LogP contribution in [0.1, 0.15) is 0 Å². The van der Waals surface area contributed by atoms with Gasteiger partial charge < -0.3 is 14.8 Å². The summed E-state index contributed by atoms with van der Waals surface area (Å²) in [5, 5.41) is 16.4. The van der Waals surface area contributed by atoms with Crippen molar-refractivity contribution in [3.05, 3.63) is 54.9 Å². The summed E-state index contributed by atoms with van der Waals surface area (Å²) in [5.74, 6) is 1.95. The second kappa shape index (κ2) is 7.40. The van der Waals surface area contributed by atoms with Gasteiger partial charge in [0.15, 0.2) is 23.0 Å². The van der Waals surface area contributed by atoms with Crippen molar-refractivity contribution in [1.82, 2.24) is 24.8 Å². The van der Waals surface area contributed by atoms with E-state index in [4.69, 9.17) is 9.47 Å². The van der Waals surface area contributed by atoms with Crippen molar-refractivity contribution >= 4 is 29.0 Å². The first-order valence-corrected chi connectivity index (χ1v) is 9.70. The number of amides is 1. The second-order valence-corrected chi connectivity index (χ2v) is 7.11. The van der Waals surface area contributed by atoms with E-state index in [9.17, 15) is 4.79 Å². The Labute approximate surface area is 169 Å². The van der Waals surface area contributed by atoms with E-state index in [-0.39, 0.29) is 18.5 Å². The zero-order valence-corrected chi connectivity index (χ0v) is 15.8. The molecule has 0 fully saturated rings. The average molecular weight is 406 g/mol. The highest BCUT2D eigenvalue weighted by Gasteiger charge is 2.15. The van der Waals surface area contributed by atoms with E-state index >= 15 is 0 Å². The number of thioether (sulfide) groups is 1. The van der Waals surface area contributed by atoms with Crippen LogP contribution in [0, 0.1) is 0 Å². The van der Waals surface area contributed by atoms with Crippen molar-refractivity contribution in [2.24, 2.45) is 0 Å². The van der Waals surface area contributed by atoms with Gasteiger partial charge >= 0.3 is 0 Å². The summed E-state index contributed by atoms with van der Waals surface area (Å²) in [6.45, 7) is 0.195. The Hall–Kier alpha value is -3.66. The molecule has 9 nitrogen and oxygen atoms in total. The fraction of sp³-hybridized carbons (Fsp3) is 0.105. The van der Waals surface area contributed by atoms with E-state index < -0.39 is 0 Å². The first-order valence-electron chi connectivity index (χ1n) is 8.71. The number of nitrogens with zero attached hydrogens (tertiary/aromatic N) is 5. The molecular formula is C19H14N6O3S. The van der Waals surface area contributed by atoms with Crippen molar-refractivity contribution in [3.63, 3.8) is 0 Å². The third kappa shape index (κ3) is 3.57. The first-order chi connectivity index (χ1) is 14.3. The fourth-order valence-corrected chi connectivity index (χ4v) is 3.49. The number of benzene rings is 1. The average Bonchev–Trinajstić information content (AvgIpc) is 3.39. The summed E-state index contributed by atoms with van der Waals surface area (Å²) in [4.78, 5) is 16.4. The first kappa shape index (κ1) is 17.4. The Kier molecular flexibility index (Phi) is 4.45. The van der Waals surface area contributed by atoms with Crippen LogP contribution in [0.15, 0.2) is 59.9 Å². The van der Waals surface area contributed by atoms with Crippen LogP contribution in [0.3, 0.4) is 0 Å². The third-order valence-electron chi connectivity index (χ3n) is 4.17.